The first-order valence-corrected chi connectivity index (χ1v) is 3.39. The summed E-state index contributed by atoms with van der Waals surface area (Å²) in [7, 11) is 3.52. The lowest BCUT2D eigenvalue weighted by atomic mass is 10.4. The maximum absolute atomic E-state index is 10.8. The highest BCUT2D eigenvalue weighted by atomic mass is 16.8. The van der Waals surface area contributed by atoms with Crippen molar-refractivity contribution in [2.45, 2.75) is 6.92 Å². The number of hydrazone groups is 1. The maximum atomic E-state index is 10.8. The van der Waals surface area contributed by atoms with Crippen LogP contribution in [0.2, 0.25) is 0 Å². The van der Waals surface area contributed by atoms with Gasteiger partial charge in [-0.3, -0.25) is 4.63 Å². The van der Waals surface area contributed by atoms with Gasteiger partial charge in [0.05, 0.1) is 0 Å². The molecule has 0 radical (unpaired) electrons. The predicted molar refractivity (Wildman–Crippen MR) is 41.5 cm³/mol. The molecule has 1 aromatic heterocycles. The van der Waals surface area contributed by atoms with Gasteiger partial charge in [0.25, 0.3) is 0 Å². The Labute approximate surface area is 69.6 Å². The Hall–Kier alpha value is -1.59. The molecule has 0 amide bonds. The number of hydrogen-bond acceptors (Lipinski definition) is 5. The summed E-state index contributed by atoms with van der Waals surface area (Å²) in [4.78, 5) is 0.322. The third-order valence-corrected chi connectivity index (χ3v) is 1.23. The van der Waals surface area contributed by atoms with E-state index >= 15 is 0 Å². The minimum Gasteiger partial charge on any atom is -0.359 e. The molecular weight excluding hydrogens is 160 g/mol. The molecule has 0 aliphatic carbocycles. The Morgan fingerprint density at radius 2 is 2.33 bits per heavy atom. The highest BCUT2D eigenvalue weighted by Gasteiger charge is 2.10. The van der Waals surface area contributed by atoms with Gasteiger partial charge in [0.1, 0.15) is 6.21 Å². The highest BCUT2D eigenvalue weighted by Crippen LogP contribution is 1.93. The van der Waals surface area contributed by atoms with E-state index in [4.69, 9.17) is 0 Å². The maximum Gasteiger partial charge on any atom is 0.241 e. The first kappa shape index (κ1) is 8.51. The van der Waals surface area contributed by atoms with Crippen LogP contribution in [0.1, 0.15) is 11.4 Å². The van der Waals surface area contributed by atoms with Crippen LogP contribution in [0.15, 0.2) is 9.73 Å². The van der Waals surface area contributed by atoms with Crippen molar-refractivity contribution in [3.8, 4) is 0 Å². The second-order valence-corrected chi connectivity index (χ2v) is 2.49. The number of rotatable bonds is 2. The van der Waals surface area contributed by atoms with Gasteiger partial charge >= 0.3 is 0 Å². The molecule has 0 unspecified atom stereocenters. The van der Waals surface area contributed by atoms with E-state index < -0.39 is 0 Å². The van der Waals surface area contributed by atoms with Crippen molar-refractivity contribution in [2.75, 3.05) is 14.1 Å². The fourth-order valence-corrected chi connectivity index (χ4v) is 0.632. The zero-order chi connectivity index (χ0) is 9.14. The summed E-state index contributed by atoms with van der Waals surface area (Å²) in [5.74, 6) is 0. The largest absolute Gasteiger partial charge is 0.359 e. The molecule has 0 aromatic carbocycles. The fourth-order valence-electron chi connectivity index (χ4n) is 0.632. The van der Waals surface area contributed by atoms with E-state index in [1.165, 1.54) is 6.21 Å². The molecule has 0 saturated carbocycles. The second kappa shape index (κ2) is 3.21. The van der Waals surface area contributed by atoms with Crippen LogP contribution in [0.4, 0.5) is 0 Å². The van der Waals surface area contributed by atoms with Crippen LogP contribution in [0.5, 0.6) is 0 Å². The van der Waals surface area contributed by atoms with Crippen LogP contribution in [0, 0.1) is 12.1 Å². The standard InChI is InChI=1S/C6H10N4O2/c1-5-6(4-7-9(2)3)10(11)12-8-5/h4H,1-3H3. The van der Waals surface area contributed by atoms with Gasteiger partial charge in [-0.15, -0.1) is 0 Å². The summed E-state index contributed by atoms with van der Waals surface area (Å²) < 4.78 is 4.33. The van der Waals surface area contributed by atoms with E-state index in [0.717, 1.165) is 0 Å². The van der Waals surface area contributed by atoms with E-state index in [9.17, 15) is 5.21 Å². The normalized spacial score (nSPS) is 10.9. The van der Waals surface area contributed by atoms with Crippen LogP contribution in [0.25, 0.3) is 0 Å². The lowest BCUT2D eigenvalue weighted by molar-refractivity contribution is -0.803. The van der Waals surface area contributed by atoms with Gasteiger partial charge in [0.2, 0.25) is 11.4 Å². The number of nitrogens with zero attached hydrogens (tertiary/aromatic N) is 4. The fraction of sp³-hybridized carbons (Fsp3) is 0.500. The van der Waals surface area contributed by atoms with E-state index in [2.05, 4.69) is 14.9 Å². The molecule has 0 bridgehead atoms. The molecule has 0 aliphatic rings. The van der Waals surface area contributed by atoms with E-state index in [1.807, 2.05) is 0 Å². The summed E-state index contributed by atoms with van der Waals surface area (Å²) >= 11 is 0. The van der Waals surface area contributed by atoms with Crippen LogP contribution in [0.3, 0.4) is 0 Å². The Bertz CT molecular complexity index is 272. The van der Waals surface area contributed by atoms with Gasteiger partial charge in [0, 0.05) is 26.2 Å². The lowest BCUT2D eigenvalue weighted by Crippen LogP contribution is -2.28. The SMILES string of the molecule is Cc1no[n+]([O-])c1C=NN(C)C. The van der Waals surface area contributed by atoms with Gasteiger partial charge in [-0.2, -0.15) is 5.10 Å². The zero-order valence-electron chi connectivity index (χ0n) is 7.18. The second-order valence-electron chi connectivity index (χ2n) is 2.49. The summed E-state index contributed by atoms with van der Waals surface area (Å²) in [6, 6.07) is 0. The van der Waals surface area contributed by atoms with Crippen LogP contribution in [-0.2, 0) is 0 Å². The molecule has 0 fully saturated rings. The zero-order valence-corrected chi connectivity index (χ0v) is 7.18. The topological polar surface area (TPSA) is 68.6 Å². The van der Waals surface area contributed by atoms with E-state index in [0.29, 0.717) is 16.3 Å². The van der Waals surface area contributed by atoms with Crippen molar-refractivity contribution in [2.24, 2.45) is 5.10 Å². The first-order chi connectivity index (χ1) is 5.61. The van der Waals surface area contributed by atoms with Crippen molar-refractivity contribution < 1.29 is 9.53 Å². The van der Waals surface area contributed by atoms with Crippen molar-refractivity contribution in [3.63, 3.8) is 0 Å². The molecule has 6 heteroatoms. The quantitative estimate of drug-likeness (QED) is 0.341. The van der Waals surface area contributed by atoms with Crippen LogP contribution < -0.4 is 4.90 Å². The molecule has 12 heavy (non-hydrogen) atoms. The number of aryl methyl sites for hydroxylation is 1. The Morgan fingerprint density at radius 1 is 1.67 bits per heavy atom. The number of hydrogen-bond donors (Lipinski definition) is 0. The monoisotopic (exact) mass is 170 g/mol. The van der Waals surface area contributed by atoms with Gasteiger partial charge in [-0.1, -0.05) is 0 Å². The lowest BCUT2D eigenvalue weighted by Gasteiger charge is -2.00. The molecular formula is C6H10N4O2. The van der Waals surface area contributed by atoms with Crippen LogP contribution in [-0.4, -0.2) is 30.5 Å². The van der Waals surface area contributed by atoms with Crippen LogP contribution >= 0.6 is 0 Å². The summed E-state index contributed by atoms with van der Waals surface area (Å²) in [6.45, 7) is 1.68. The van der Waals surface area contributed by atoms with Crippen molar-refractivity contribution >= 4 is 6.21 Å². The molecule has 1 aromatic rings. The first-order valence-electron chi connectivity index (χ1n) is 3.39. The average Bonchev–Trinajstić information content (AvgIpc) is 2.28. The minimum absolute atomic E-state index is 0.322. The Kier molecular flexibility index (Phi) is 2.27. The minimum atomic E-state index is 0.322. The highest BCUT2D eigenvalue weighted by molar-refractivity contribution is 5.75. The third-order valence-electron chi connectivity index (χ3n) is 1.23. The molecule has 1 heterocycles. The molecule has 0 atom stereocenters. The molecule has 0 spiro atoms. The third kappa shape index (κ3) is 1.71. The summed E-state index contributed by atoms with van der Waals surface area (Å²) in [6.07, 6.45) is 1.40. The van der Waals surface area contributed by atoms with Crippen molar-refractivity contribution in [1.29, 1.82) is 0 Å². The molecule has 1 rings (SSSR count). The Morgan fingerprint density at radius 3 is 2.75 bits per heavy atom. The van der Waals surface area contributed by atoms with Crippen molar-refractivity contribution in [3.05, 3.63) is 16.6 Å². The van der Waals surface area contributed by atoms with Gasteiger partial charge < -0.3 is 10.2 Å². The average molecular weight is 170 g/mol. The molecule has 66 valence electrons. The summed E-state index contributed by atoms with van der Waals surface area (Å²) in [5, 5.41) is 19.7. The van der Waals surface area contributed by atoms with Gasteiger partial charge in [0.15, 0.2) is 0 Å². The van der Waals surface area contributed by atoms with E-state index in [-0.39, 0.29) is 0 Å². The Balaban J connectivity index is 2.87. The van der Waals surface area contributed by atoms with Gasteiger partial charge in [-0.25, -0.2) is 0 Å². The predicted octanol–water partition coefficient (Wildman–Crippen LogP) is -0.488. The van der Waals surface area contributed by atoms with E-state index in [1.54, 1.807) is 26.0 Å². The molecule has 6 nitrogen and oxygen atoms in total. The number of aromatic nitrogens is 2. The molecule has 0 aliphatic heterocycles. The summed E-state index contributed by atoms with van der Waals surface area (Å²) in [5.41, 5.74) is 0.847. The van der Waals surface area contributed by atoms with Crippen molar-refractivity contribution in [1.82, 2.24) is 10.2 Å². The van der Waals surface area contributed by atoms with Gasteiger partial charge in [-0.05, 0) is 4.90 Å². The molecule has 0 saturated heterocycles. The smallest absolute Gasteiger partial charge is 0.241 e. The molecule has 0 N–H and O–H groups in total.